The van der Waals surface area contributed by atoms with E-state index in [4.69, 9.17) is 0 Å². The molecular formula is C18H22FN4OS+. The van der Waals surface area contributed by atoms with Crippen LogP contribution in [0.2, 0.25) is 0 Å². The van der Waals surface area contributed by atoms with Crippen LogP contribution in [0.4, 0.5) is 4.39 Å². The smallest absolute Gasteiger partial charge is 0.235 e. The van der Waals surface area contributed by atoms with E-state index >= 15 is 0 Å². The number of aryl methyl sites for hydroxylation is 1. The van der Waals surface area contributed by atoms with Gasteiger partial charge in [0.1, 0.15) is 10.7 Å². The molecule has 2 aromatic heterocycles. The number of hydrogen-bond acceptors (Lipinski definition) is 4. The second-order valence-electron chi connectivity index (χ2n) is 6.54. The van der Waals surface area contributed by atoms with Crippen molar-refractivity contribution >= 4 is 16.3 Å². The molecule has 0 unspecified atom stereocenters. The fraction of sp³-hybridized carbons (Fsp3) is 0.444. The first-order valence-electron chi connectivity index (χ1n) is 8.85. The van der Waals surface area contributed by atoms with E-state index in [-0.39, 0.29) is 17.7 Å². The standard InChI is InChI=1S/C18H21FN4OS/c1-2-14-20-18-23(21-14)17(24)16(25-18)15(22-10-6-3-7-11-22)12-8-4-5-9-13(12)19/h4-5,8-9,15,24H,2-3,6-7,10-11H2,1H3/p+1/t15-/m0/s1. The summed E-state index contributed by atoms with van der Waals surface area (Å²) in [7, 11) is 0. The molecule has 0 saturated carbocycles. The van der Waals surface area contributed by atoms with E-state index in [9.17, 15) is 9.50 Å². The van der Waals surface area contributed by atoms with Crippen molar-refractivity contribution in [2.75, 3.05) is 13.1 Å². The molecule has 0 amide bonds. The summed E-state index contributed by atoms with van der Waals surface area (Å²) in [6.45, 7) is 3.94. The van der Waals surface area contributed by atoms with Gasteiger partial charge in [0.05, 0.1) is 18.7 Å². The Morgan fingerprint density at radius 2 is 2.04 bits per heavy atom. The predicted octanol–water partition coefficient (Wildman–Crippen LogP) is 2.36. The number of nitrogens with zero attached hydrogens (tertiary/aromatic N) is 3. The molecule has 0 radical (unpaired) electrons. The molecule has 1 aliphatic rings. The predicted molar refractivity (Wildman–Crippen MR) is 94.7 cm³/mol. The normalized spacial score (nSPS) is 17.2. The van der Waals surface area contributed by atoms with Gasteiger partial charge in [0, 0.05) is 6.42 Å². The van der Waals surface area contributed by atoms with E-state index < -0.39 is 0 Å². The van der Waals surface area contributed by atoms with Crippen molar-refractivity contribution in [1.29, 1.82) is 0 Å². The van der Waals surface area contributed by atoms with E-state index in [1.807, 2.05) is 19.1 Å². The maximum atomic E-state index is 14.6. The van der Waals surface area contributed by atoms with E-state index in [2.05, 4.69) is 10.1 Å². The number of nitrogens with one attached hydrogen (secondary N) is 1. The van der Waals surface area contributed by atoms with Gasteiger partial charge in [-0.15, -0.1) is 5.10 Å². The number of hydrogen-bond donors (Lipinski definition) is 2. The number of aromatic nitrogens is 3. The van der Waals surface area contributed by atoms with Gasteiger partial charge in [0.2, 0.25) is 10.8 Å². The minimum Gasteiger partial charge on any atom is -0.492 e. The summed E-state index contributed by atoms with van der Waals surface area (Å²) in [6.07, 6.45) is 4.19. The largest absolute Gasteiger partial charge is 0.492 e. The molecule has 5 nitrogen and oxygen atoms in total. The molecule has 25 heavy (non-hydrogen) atoms. The maximum Gasteiger partial charge on any atom is 0.235 e. The Hall–Kier alpha value is -1.99. The highest BCUT2D eigenvalue weighted by molar-refractivity contribution is 7.17. The number of likely N-dealkylation sites (tertiary alicyclic amines) is 1. The Bertz CT molecular complexity index is 884. The molecule has 0 bridgehead atoms. The zero-order chi connectivity index (χ0) is 17.4. The molecule has 1 atom stereocenters. The van der Waals surface area contributed by atoms with Gasteiger partial charge < -0.3 is 10.0 Å². The van der Waals surface area contributed by atoms with Gasteiger partial charge in [-0.3, -0.25) is 0 Å². The quantitative estimate of drug-likeness (QED) is 0.750. The van der Waals surface area contributed by atoms with Gasteiger partial charge in [-0.05, 0) is 31.4 Å². The molecule has 132 valence electrons. The molecular weight excluding hydrogens is 339 g/mol. The molecule has 0 aliphatic carbocycles. The summed E-state index contributed by atoms with van der Waals surface area (Å²) in [5.74, 6) is 0.581. The van der Waals surface area contributed by atoms with Crippen molar-refractivity contribution < 1.29 is 14.4 Å². The zero-order valence-electron chi connectivity index (χ0n) is 14.2. The van der Waals surface area contributed by atoms with Crippen LogP contribution < -0.4 is 4.90 Å². The highest BCUT2D eigenvalue weighted by atomic mass is 32.1. The third-order valence-corrected chi connectivity index (χ3v) is 6.03. The van der Waals surface area contributed by atoms with Crippen LogP contribution in [0.15, 0.2) is 24.3 Å². The molecule has 1 saturated heterocycles. The molecule has 3 heterocycles. The molecule has 0 spiro atoms. The van der Waals surface area contributed by atoms with Crippen molar-refractivity contribution in [3.63, 3.8) is 0 Å². The van der Waals surface area contributed by atoms with Crippen LogP contribution in [0.5, 0.6) is 5.88 Å². The average molecular weight is 361 g/mol. The molecule has 1 fully saturated rings. The van der Waals surface area contributed by atoms with Crippen molar-refractivity contribution in [1.82, 2.24) is 14.6 Å². The lowest BCUT2D eigenvalue weighted by molar-refractivity contribution is -0.930. The van der Waals surface area contributed by atoms with Crippen LogP contribution in [0.25, 0.3) is 4.96 Å². The second kappa shape index (κ2) is 6.72. The third kappa shape index (κ3) is 2.91. The fourth-order valence-electron chi connectivity index (χ4n) is 3.68. The lowest BCUT2D eigenvalue weighted by Gasteiger charge is -2.31. The van der Waals surface area contributed by atoms with E-state index in [0.29, 0.717) is 16.3 Å². The summed E-state index contributed by atoms with van der Waals surface area (Å²) in [5.41, 5.74) is 0.634. The highest BCUT2D eigenvalue weighted by Gasteiger charge is 2.35. The van der Waals surface area contributed by atoms with Crippen LogP contribution in [0.3, 0.4) is 0 Å². The lowest BCUT2D eigenvalue weighted by Crippen LogP contribution is -3.13. The number of halogens is 1. The van der Waals surface area contributed by atoms with Gasteiger partial charge in [-0.25, -0.2) is 9.37 Å². The minimum absolute atomic E-state index is 0.0959. The highest BCUT2D eigenvalue weighted by Crippen LogP contribution is 2.36. The van der Waals surface area contributed by atoms with Gasteiger partial charge in [0.15, 0.2) is 11.9 Å². The first kappa shape index (κ1) is 16.5. The van der Waals surface area contributed by atoms with E-state index in [1.54, 1.807) is 6.07 Å². The number of thiazole rings is 1. The number of quaternary nitrogens is 1. The van der Waals surface area contributed by atoms with E-state index in [1.165, 1.54) is 33.2 Å². The molecule has 2 N–H and O–H groups in total. The number of aromatic hydroxyl groups is 1. The van der Waals surface area contributed by atoms with Crippen molar-refractivity contribution in [3.8, 4) is 5.88 Å². The zero-order valence-corrected chi connectivity index (χ0v) is 15.0. The third-order valence-electron chi connectivity index (χ3n) is 4.94. The van der Waals surface area contributed by atoms with Crippen LogP contribution in [0, 0.1) is 5.82 Å². The molecule has 3 aromatic rings. The summed E-state index contributed by atoms with van der Waals surface area (Å²) in [6, 6.07) is 6.67. The first-order valence-corrected chi connectivity index (χ1v) is 9.67. The van der Waals surface area contributed by atoms with Crippen LogP contribution >= 0.6 is 11.3 Å². The molecule has 7 heteroatoms. The number of benzene rings is 1. The topological polar surface area (TPSA) is 54.9 Å². The summed E-state index contributed by atoms with van der Waals surface area (Å²) in [5, 5.41) is 15.1. The Balaban J connectivity index is 1.84. The first-order chi connectivity index (χ1) is 12.2. The van der Waals surface area contributed by atoms with Gasteiger partial charge in [-0.2, -0.15) is 4.52 Å². The maximum absolute atomic E-state index is 14.6. The van der Waals surface area contributed by atoms with Crippen LogP contribution in [-0.2, 0) is 6.42 Å². The SMILES string of the molecule is CCc1nc2sc([C@H](c3ccccc3F)[NH+]3CCCCC3)c(O)n2n1. The number of rotatable bonds is 4. The van der Waals surface area contributed by atoms with E-state index in [0.717, 1.165) is 37.2 Å². The lowest BCUT2D eigenvalue weighted by atomic mass is 10.00. The molecule has 4 rings (SSSR count). The monoisotopic (exact) mass is 361 g/mol. The fourth-order valence-corrected chi connectivity index (χ4v) is 4.83. The summed E-state index contributed by atoms with van der Waals surface area (Å²) >= 11 is 1.42. The van der Waals surface area contributed by atoms with Crippen molar-refractivity contribution in [3.05, 3.63) is 46.3 Å². The molecule has 1 aromatic carbocycles. The average Bonchev–Trinajstić information content (AvgIpc) is 3.18. The van der Waals surface area contributed by atoms with Crippen molar-refractivity contribution in [2.45, 2.75) is 38.6 Å². The number of fused-ring (bicyclic) bond motifs is 1. The van der Waals surface area contributed by atoms with Gasteiger partial charge in [-0.1, -0.05) is 30.4 Å². The summed E-state index contributed by atoms with van der Waals surface area (Å²) in [4.78, 5) is 7.18. The second-order valence-corrected chi connectivity index (χ2v) is 7.55. The Kier molecular flexibility index (Phi) is 4.43. The number of piperidine rings is 1. The van der Waals surface area contributed by atoms with Crippen LogP contribution in [0.1, 0.15) is 48.5 Å². The van der Waals surface area contributed by atoms with Gasteiger partial charge >= 0.3 is 0 Å². The summed E-state index contributed by atoms with van der Waals surface area (Å²) < 4.78 is 16.1. The van der Waals surface area contributed by atoms with Crippen molar-refractivity contribution in [2.24, 2.45) is 0 Å². The molecule has 1 aliphatic heterocycles. The Morgan fingerprint density at radius 3 is 2.72 bits per heavy atom. The Labute approximate surface area is 149 Å². The van der Waals surface area contributed by atoms with Gasteiger partial charge in [0.25, 0.3) is 0 Å². The minimum atomic E-state index is -0.224. The van der Waals surface area contributed by atoms with Crippen LogP contribution in [-0.4, -0.2) is 32.8 Å². The Morgan fingerprint density at radius 1 is 1.28 bits per heavy atom.